The molecule has 2 aromatic carbocycles. The lowest BCUT2D eigenvalue weighted by atomic mass is 9.77. The highest BCUT2D eigenvalue weighted by molar-refractivity contribution is 6.30. The molecular weight excluding hydrogens is 394 g/mol. The first-order valence-electron chi connectivity index (χ1n) is 11.4. The van der Waals surface area contributed by atoms with E-state index < -0.39 is 6.10 Å². The van der Waals surface area contributed by atoms with Gasteiger partial charge >= 0.3 is 0 Å². The van der Waals surface area contributed by atoms with Crippen LogP contribution in [0.1, 0.15) is 74.3 Å². The normalized spacial score (nSPS) is 19.6. The standard InChI is InChI=1S/C26H36ClNO2/c1-5-15-28(16-6-2)24-14-13-22-21(18(24)3)11-12-23(26(22)30-4)25(29)17-19-7-9-20(27)10-8-19/h7-12,18,24-25,29H,5-6,13-17H2,1-4H3/t18-,24+,25?/m0/s1. The maximum absolute atomic E-state index is 11.0. The van der Waals surface area contributed by atoms with E-state index in [1.165, 1.54) is 24.0 Å². The second-order valence-corrected chi connectivity index (χ2v) is 8.97. The Hall–Kier alpha value is -1.55. The highest BCUT2D eigenvalue weighted by Gasteiger charge is 2.33. The van der Waals surface area contributed by atoms with Gasteiger partial charge in [0.05, 0.1) is 13.2 Å². The summed E-state index contributed by atoms with van der Waals surface area (Å²) in [5, 5.41) is 11.7. The molecule has 0 bridgehead atoms. The van der Waals surface area contributed by atoms with Gasteiger partial charge in [-0.05, 0) is 73.5 Å². The molecule has 0 spiro atoms. The average molecular weight is 430 g/mol. The number of aliphatic hydroxyl groups excluding tert-OH is 1. The van der Waals surface area contributed by atoms with Crippen LogP contribution in [0.5, 0.6) is 5.75 Å². The minimum Gasteiger partial charge on any atom is -0.496 e. The fourth-order valence-electron chi connectivity index (χ4n) is 5.07. The quantitative estimate of drug-likeness (QED) is 0.517. The fraction of sp³-hybridized carbons (Fsp3) is 0.538. The van der Waals surface area contributed by atoms with E-state index in [9.17, 15) is 5.11 Å². The topological polar surface area (TPSA) is 32.7 Å². The number of halogens is 1. The SMILES string of the molecule is CCCN(CCC)[C@@H]1CCc2c(ccc(C(O)Cc3ccc(Cl)cc3)c2OC)[C@@H]1C. The van der Waals surface area contributed by atoms with E-state index >= 15 is 0 Å². The van der Waals surface area contributed by atoms with Crippen molar-refractivity contribution in [3.05, 3.63) is 63.7 Å². The summed E-state index contributed by atoms with van der Waals surface area (Å²) in [4.78, 5) is 2.67. The van der Waals surface area contributed by atoms with Crippen molar-refractivity contribution >= 4 is 11.6 Å². The molecule has 0 fully saturated rings. The number of ether oxygens (including phenoxy) is 1. The van der Waals surface area contributed by atoms with Crippen molar-refractivity contribution in [1.82, 2.24) is 4.90 Å². The number of hydrogen-bond donors (Lipinski definition) is 1. The van der Waals surface area contributed by atoms with Gasteiger partial charge in [0.25, 0.3) is 0 Å². The van der Waals surface area contributed by atoms with Gasteiger partial charge in [0.2, 0.25) is 0 Å². The van der Waals surface area contributed by atoms with Gasteiger partial charge in [-0.3, -0.25) is 4.90 Å². The van der Waals surface area contributed by atoms with Crippen LogP contribution in [-0.4, -0.2) is 36.2 Å². The Morgan fingerprint density at radius 1 is 1.10 bits per heavy atom. The van der Waals surface area contributed by atoms with Crippen LogP contribution in [0.4, 0.5) is 0 Å². The molecule has 3 rings (SSSR count). The Balaban J connectivity index is 1.86. The zero-order valence-corrected chi connectivity index (χ0v) is 19.6. The van der Waals surface area contributed by atoms with Crippen molar-refractivity contribution < 1.29 is 9.84 Å². The summed E-state index contributed by atoms with van der Waals surface area (Å²) >= 11 is 5.99. The molecule has 0 aliphatic heterocycles. The van der Waals surface area contributed by atoms with Crippen LogP contribution < -0.4 is 4.74 Å². The second kappa shape index (κ2) is 10.7. The summed E-state index contributed by atoms with van der Waals surface area (Å²) in [6.07, 6.45) is 4.46. The molecule has 0 saturated carbocycles. The van der Waals surface area contributed by atoms with E-state index in [-0.39, 0.29) is 0 Å². The molecule has 30 heavy (non-hydrogen) atoms. The van der Waals surface area contributed by atoms with E-state index in [2.05, 4.69) is 37.8 Å². The van der Waals surface area contributed by atoms with Crippen molar-refractivity contribution in [1.29, 1.82) is 0 Å². The molecule has 3 atom stereocenters. The van der Waals surface area contributed by atoms with Crippen LogP contribution in [0.15, 0.2) is 36.4 Å². The maximum atomic E-state index is 11.0. The first-order chi connectivity index (χ1) is 14.5. The minimum absolute atomic E-state index is 0.461. The van der Waals surface area contributed by atoms with E-state index in [0.29, 0.717) is 23.4 Å². The van der Waals surface area contributed by atoms with Gasteiger partial charge in [-0.25, -0.2) is 0 Å². The summed E-state index contributed by atoms with van der Waals surface area (Å²) in [6, 6.07) is 12.6. The van der Waals surface area contributed by atoms with Crippen LogP contribution in [0.2, 0.25) is 5.02 Å². The molecule has 0 aromatic heterocycles. The lowest BCUT2D eigenvalue weighted by Crippen LogP contribution is -2.42. The van der Waals surface area contributed by atoms with E-state index in [0.717, 1.165) is 42.8 Å². The fourth-order valence-corrected chi connectivity index (χ4v) is 5.19. The molecule has 2 aromatic rings. The van der Waals surface area contributed by atoms with Crippen LogP contribution in [0.3, 0.4) is 0 Å². The van der Waals surface area contributed by atoms with Crippen molar-refractivity contribution in [3.8, 4) is 5.75 Å². The van der Waals surface area contributed by atoms with Crippen LogP contribution in [0, 0.1) is 0 Å². The average Bonchev–Trinajstić information content (AvgIpc) is 2.74. The number of fused-ring (bicyclic) bond motifs is 1. The molecule has 0 amide bonds. The van der Waals surface area contributed by atoms with Crippen molar-refractivity contribution in [3.63, 3.8) is 0 Å². The molecule has 1 unspecified atom stereocenters. The van der Waals surface area contributed by atoms with Gasteiger partial charge in [0.1, 0.15) is 5.75 Å². The summed E-state index contributed by atoms with van der Waals surface area (Å²) in [5.74, 6) is 1.33. The van der Waals surface area contributed by atoms with Gasteiger partial charge < -0.3 is 9.84 Å². The van der Waals surface area contributed by atoms with Gasteiger partial charge in [0, 0.05) is 23.0 Å². The third-order valence-electron chi connectivity index (χ3n) is 6.48. The zero-order valence-electron chi connectivity index (χ0n) is 18.8. The molecule has 3 nitrogen and oxygen atoms in total. The third kappa shape index (κ3) is 5.01. The zero-order chi connectivity index (χ0) is 21.7. The van der Waals surface area contributed by atoms with Gasteiger partial charge in [-0.15, -0.1) is 0 Å². The number of methoxy groups -OCH3 is 1. The molecule has 4 heteroatoms. The molecule has 1 aliphatic rings. The first kappa shape index (κ1) is 23.1. The van der Waals surface area contributed by atoms with Gasteiger partial charge in [0.15, 0.2) is 0 Å². The predicted molar refractivity (Wildman–Crippen MR) is 126 cm³/mol. The Morgan fingerprint density at radius 3 is 2.37 bits per heavy atom. The van der Waals surface area contributed by atoms with Crippen LogP contribution >= 0.6 is 11.6 Å². The van der Waals surface area contributed by atoms with E-state index in [1.54, 1.807) is 7.11 Å². The Morgan fingerprint density at radius 2 is 1.77 bits per heavy atom. The van der Waals surface area contributed by atoms with Crippen LogP contribution in [0.25, 0.3) is 0 Å². The predicted octanol–water partition coefficient (Wildman–Crippen LogP) is 6.17. The molecule has 0 saturated heterocycles. The molecule has 1 aliphatic carbocycles. The molecule has 0 radical (unpaired) electrons. The van der Waals surface area contributed by atoms with E-state index in [4.69, 9.17) is 16.3 Å². The highest BCUT2D eigenvalue weighted by atomic mass is 35.5. The van der Waals surface area contributed by atoms with Crippen molar-refractivity contribution in [2.75, 3.05) is 20.2 Å². The molecule has 164 valence electrons. The highest BCUT2D eigenvalue weighted by Crippen LogP contribution is 2.42. The number of aliphatic hydroxyl groups is 1. The second-order valence-electron chi connectivity index (χ2n) is 8.53. The van der Waals surface area contributed by atoms with Crippen molar-refractivity contribution in [2.45, 2.75) is 70.9 Å². The molecular formula is C26H36ClNO2. The number of rotatable bonds is 9. The van der Waals surface area contributed by atoms with Crippen LogP contribution in [-0.2, 0) is 12.8 Å². The minimum atomic E-state index is -0.601. The first-order valence-corrected chi connectivity index (χ1v) is 11.7. The van der Waals surface area contributed by atoms with Gasteiger partial charge in [-0.2, -0.15) is 0 Å². The molecule has 0 heterocycles. The number of hydrogen-bond acceptors (Lipinski definition) is 3. The number of nitrogens with zero attached hydrogens (tertiary/aromatic N) is 1. The summed E-state index contributed by atoms with van der Waals surface area (Å²) in [5.41, 5.74) is 4.61. The molecule has 1 N–H and O–H groups in total. The lowest BCUT2D eigenvalue weighted by molar-refractivity contribution is 0.156. The Kier molecular flexibility index (Phi) is 8.21. The largest absolute Gasteiger partial charge is 0.496 e. The third-order valence-corrected chi connectivity index (χ3v) is 6.73. The summed E-state index contributed by atoms with van der Waals surface area (Å²) in [7, 11) is 1.73. The Labute approximate surface area is 187 Å². The summed E-state index contributed by atoms with van der Waals surface area (Å²) in [6.45, 7) is 9.20. The Bertz CT molecular complexity index is 815. The van der Waals surface area contributed by atoms with Gasteiger partial charge in [-0.1, -0.05) is 56.6 Å². The maximum Gasteiger partial charge on any atom is 0.128 e. The monoisotopic (exact) mass is 429 g/mol. The number of benzene rings is 2. The van der Waals surface area contributed by atoms with E-state index in [1.807, 2.05) is 24.3 Å². The van der Waals surface area contributed by atoms with Crippen molar-refractivity contribution in [2.24, 2.45) is 0 Å². The lowest BCUT2D eigenvalue weighted by Gasteiger charge is -2.40. The summed E-state index contributed by atoms with van der Waals surface area (Å²) < 4.78 is 5.87. The smallest absolute Gasteiger partial charge is 0.128 e.